The average Bonchev–Trinajstić information content (AvgIpc) is 2.67. The third-order valence-corrected chi connectivity index (χ3v) is 2.78. The number of nitrogen functional groups attached to an aromatic ring is 1. The number of imidazole rings is 1. The minimum absolute atomic E-state index is 0.667. The van der Waals surface area contributed by atoms with Crippen molar-refractivity contribution >= 4 is 5.95 Å². The van der Waals surface area contributed by atoms with Crippen molar-refractivity contribution in [3.05, 3.63) is 11.9 Å². The molecule has 0 aliphatic heterocycles. The summed E-state index contributed by atoms with van der Waals surface area (Å²) in [6, 6.07) is 0. The molecule has 1 heterocycles. The molecular formula is C9H16N4. The first-order chi connectivity index (χ1) is 6.40. The first-order valence-corrected chi connectivity index (χ1v) is 4.91. The van der Waals surface area contributed by atoms with Crippen LogP contribution in [0.15, 0.2) is 6.20 Å². The number of aromatic nitrogens is 2. The molecule has 1 aliphatic rings. The van der Waals surface area contributed by atoms with Crippen LogP contribution in [0.2, 0.25) is 0 Å². The lowest BCUT2D eigenvalue weighted by molar-refractivity contribution is 0.438. The highest BCUT2D eigenvalue weighted by Gasteiger charge is 2.17. The van der Waals surface area contributed by atoms with Crippen LogP contribution in [0.4, 0.5) is 5.95 Å². The van der Waals surface area contributed by atoms with E-state index in [4.69, 9.17) is 5.84 Å². The van der Waals surface area contributed by atoms with Gasteiger partial charge in [-0.15, -0.1) is 0 Å². The highest BCUT2D eigenvalue weighted by Crippen LogP contribution is 2.31. The molecule has 72 valence electrons. The van der Waals surface area contributed by atoms with E-state index < -0.39 is 0 Å². The standard InChI is InChI=1S/C9H16N4/c10-13-9-11-6-8(12-9)7-4-2-1-3-5-7/h6-7H,1-5,10H2,(H2,11,12,13). The lowest BCUT2D eigenvalue weighted by atomic mass is 9.87. The lowest BCUT2D eigenvalue weighted by Crippen LogP contribution is -2.09. The molecule has 0 bridgehead atoms. The Hall–Kier alpha value is -1.03. The summed E-state index contributed by atoms with van der Waals surface area (Å²) in [7, 11) is 0. The van der Waals surface area contributed by atoms with Crippen LogP contribution in [0.5, 0.6) is 0 Å². The minimum atomic E-state index is 0.667. The molecule has 0 atom stereocenters. The van der Waals surface area contributed by atoms with E-state index in [0.717, 1.165) is 0 Å². The van der Waals surface area contributed by atoms with Gasteiger partial charge in [-0.2, -0.15) is 0 Å². The molecule has 13 heavy (non-hydrogen) atoms. The normalized spacial score (nSPS) is 18.8. The summed E-state index contributed by atoms with van der Waals surface area (Å²) >= 11 is 0. The van der Waals surface area contributed by atoms with Crippen LogP contribution in [-0.2, 0) is 0 Å². The van der Waals surface area contributed by atoms with Crippen molar-refractivity contribution in [2.24, 2.45) is 5.84 Å². The molecule has 4 N–H and O–H groups in total. The van der Waals surface area contributed by atoms with Gasteiger partial charge < -0.3 is 4.98 Å². The zero-order valence-corrected chi connectivity index (χ0v) is 7.71. The van der Waals surface area contributed by atoms with Crippen LogP contribution in [0.25, 0.3) is 0 Å². The fourth-order valence-electron chi connectivity index (χ4n) is 2.03. The molecule has 1 saturated carbocycles. The molecule has 1 aromatic heterocycles. The van der Waals surface area contributed by atoms with Gasteiger partial charge in [0.1, 0.15) is 0 Å². The largest absolute Gasteiger partial charge is 0.327 e. The van der Waals surface area contributed by atoms with Crippen molar-refractivity contribution < 1.29 is 0 Å². The predicted octanol–water partition coefficient (Wildman–Crippen LogP) is 1.74. The maximum absolute atomic E-state index is 5.25. The third-order valence-electron chi connectivity index (χ3n) is 2.78. The quantitative estimate of drug-likeness (QED) is 0.479. The number of nitrogens with one attached hydrogen (secondary N) is 2. The van der Waals surface area contributed by atoms with Crippen molar-refractivity contribution in [2.45, 2.75) is 38.0 Å². The summed E-state index contributed by atoms with van der Waals surface area (Å²) in [5.41, 5.74) is 3.75. The summed E-state index contributed by atoms with van der Waals surface area (Å²) in [6.07, 6.45) is 8.53. The SMILES string of the molecule is NNc1ncc(C2CCCCC2)[nH]1. The highest BCUT2D eigenvalue weighted by atomic mass is 15.3. The number of rotatable bonds is 2. The topological polar surface area (TPSA) is 66.7 Å². The maximum atomic E-state index is 5.25. The van der Waals surface area contributed by atoms with Crippen LogP contribution >= 0.6 is 0 Å². The summed E-state index contributed by atoms with van der Waals surface area (Å²) < 4.78 is 0. The molecule has 0 amide bonds. The van der Waals surface area contributed by atoms with E-state index in [0.29, 0.717) is 11.9 Å². The van der Waals surface area contributed by atoms with Gasteiger partial charge in [-0.1, -0.05) is 19.3 Å². The van der Waals surface area contributed by atoms with Gasteiger partial charge in [-0.3, -0.25) is 5.43 Å². The molecular weight excluding hydrogens is 164 g/mol. The Bertz CT molecular complexity index is 262. The Morgan fingerprint density at radius 2 is 2.15 bits per heavy atom. The van der Waals surface area contributed by atoms with Gasteiger partial charge in [0.2, 0.25) is 5.95 Å². The molecule has 0 saturated heterocycles. The van der Waals surface area contributed by atoms with Crippen molar-refractivity contribution in [2.75, 3.05) is 5.43 Å². The number of nitrogens with zero attached hydrogens (tertiary/aromatic N) is 1. The molecule has 0 aromatic carbocycles. The van der Waals surface area contributed by atoms with Crippen LogP contribution in [0.1, 0.15) is 43.7 Å². The Balaban J connectivity index is 2.05. The number of anilines is 1. The molecule has 0 radical (unpaired) electrons. The van der Waals surface area contributed by atoms with Crippen LogP contribution < -0.4 is 11.3 Å². The van der Waals surface area contributed by atoms with Crippen molar-refractivity contribution in [3.8, 4) is 0 Å². The van der Waals surface area contributed by atoms with Crippen molar-refractivity contribution in [1.29, 1.82) is 0 Å². The van der Waals surface area contributed by atoms with E-state index in [-0.39, 0.29) is 0 Å². The van der Waals surface area contributed by atoms with Gasteiger partial charge in [0.05, 0.1) is 6.20 Å². The molecule has 0 unspecified atom stereocenters. The molecule has 4 heteroatoms. The van der Waals surface area contributed by atoms with Gasteiger partial charge in [0.15, 0.2) is 0 Å². The summed E-state index contributed by atoms with van der Waals surface area (Å²) in [5, 5.41) is 0. The first-order valence-electron chi connectivity index (χ1n) is 4.91. The zero-order chi connectivity index (χ0) is 9.10. The highest BCUT2D eigenvalue weighted by molar-refractivity contribution is 5.25. The number of hydrogen-bond donors (Lipinski definition) is 3. The summed E-state index contributed by atoms with van der Waals surface area (Å²) in [4.78, 5) is 7.30. The Kier molecular flexibility index (Phi) is 2.49. The van der Waals surface area contributed by atoms with E-state index in [1.165, 1.54) is 37.8 Å². The van der Waals surface area contributed by atoms with E-state index in [2.05, 4.69) is 15.4 Å². The van der Waals surface area contributed by atoms with E-state index in [1.54, 1.807) is 0 Å². The van der Waals surface area contributed by atoms with Gasteiger partial charge in [-0.05, 0) is 12.8 Å². The first kappa shape index (κ1) is 8.56. The molecule has 2 rings (SSSR count). The fraction of sp³-hybridized carbons (Fsp3) is 0.667. The molecule has 1 aromatic rings. The zero-order valence-electron chi connectivity index (χ0n) is 7.71. The molecule has 1 fully saturated rings. The van der Waals surface area contributed by atoms with Gasteiger partial charge >= 0.3 is 0 Å². The maximum Gasteiger partial charge on any atom is 0.214 e. The number of aromatic amines is 1. The average molecular weight is 180 g/mol. The second-order valence-corrected chi connectivity index (χ2v) is 3.67. The summed E-state index contributed by atoms with van der Waals surface area (Å²) in [6.45, 7) is 0. The van der Waals surface area contributed by atoms with Gasteiger partial charge in [0, 0.05) is 11.6 Å². The fourth-order valence-corrected chi connectivity index (χ4v) is 2.03. The van der Waals surface area contributed by atoms with E-state index >= 15 is 0 Å². The molecule has 0 spiro atoms. The third kappa shape index (κ3) is 1.83. The van der Waals surface area contributed by atoms with Crippen LogP contribution in [-0.4, -0.2) is 9.97 Å². The number of hydrazine groups is 1. The van der Waals surface area contributed by atoms with Crippen molar-refractivity contribution in [3.63, 3.8) is 0 Å². The minimum Gasteiger partial charge on any atom is -0.327 e. The summed E-state index contributed by atoms with van der Waals surface area (Å²) in [5.74, 6) is 6.59. The number of hydrogen-bond acceptors (Lipinski definition) is 3. The van der Waals surface area contributed by atoms with Gasteiger partial charge in [-0.25, -0.2) is 10.8 Å². The van der Waals surface area contributed by atoms with Crippen LogP contribution in [0.3, 0.4) is 0 Å². The lowest BCUT2D eigenvalue weighted by Gasteiger charge is -2.19. The second-order valence-electron chi connectivity index (χ2n) is 3.67. The predicted molar refractivity (Wildman–Crippen MR) is 52.2 cm³/mol. The Morgan fingerprint density at radius 3 is 2.77 bits per heavy atom. The Labute approximate surface area is 77.9 Å². The molecule has 1 aliphatic carbocycles. The Morgan fingerprint density at radius 1 is 1.38 bits per heavy atom. The van der Waals surface area contributed by atoms with E-state index in [1.807, 2.05) is 6.20 Å². The number of H-pyrrole nitrogens is 1. The second kappa shape index (κ2) is 3.79. The number of nitrogens with two attached hydrogens (primary N) is 1. The monoisotopic (exact) mass is 180 g/mol. The smallest absolute Gasteiger partial charge is 0.214 e. The van der Waals surface area contributed by atoms with Crippen molar-refractivity contribution in [1.82, 2.24) is 9.97 Å². The van der Waals surface area contributed by atoms with Crippen LogP contribution in [0, 0.1) is 0 Å². The van der Waals surface area contributed by atoms with Gasteiger partial charge in [0.25, 0.3) is 0 Å². The molecule has 4 nitrogen and oxygen atoms in total. The van der Waals surface area contributed by atoms with E-state index in [9.17, 15) is 0 Å².